The molecule has 0 bridgehead atoms. The number of hydrogen-bond donors (Lipinski definition) is 1. The van der Waals surface area contributed by atoms with Crippen LogP contribution >= 0.6 is 0 Å². The minimum atomic E-state index is -0.234. The molecule has 0 aliphatic carbocycles. The zero-order valence-corrected chi connectivity index (χ0v) is 11.4. The molecular formula is C14H18FN3O. The molecule has 2 aromatic rings. The molecule has 1 atom stereocenters. The summed E-state index contributed by atoms with van der Waals surface area (Å²) in [6.45, 7) is 6.64. The summed E-state index contributed by atoms with van der Waals surface area (Å²) in [5.41, 5.74) is 1.31. The van der Waals surface area contributed by atoms with Crippen molar-refractivity contribution in [1.82, 2.24) is 15.5 Å². The molecule has 1 unspecified atom stereocenters. The van der Waals surface area contributed by atoms with Gasteiger partial charge in [0.15, 0.2) is 0 Å². The van der Waals surface area contributed by atoms with Gasteiger partial charge in [0.2, 0.25) is 11.8 Å². The van der Waals surface area contributed by atoms with E-state index >= 15 is 0 Å². The molecule has 1 aromatic carbocycles. The van der Waals surface area contributed by atoms with Crippen LogP contribution in [0.3, 0.4) is 0 Å². The monoisotopic (exact) mass is 263 g/mol. The van der Waals surface area contributed by atoms with Gasteiger partial charge in [-0.15, -0.1) is 10.2 Å². The van der Waals surface area contributed by atoms with E-state index in [9.17, 15) is 4.39 Å². The van der Waals surface area contributed by atoms with Gasteiger partial charge in [0, 0.05) is 5.56 Å². The smallest absolute Gasteiger partial charge is 0.247 e. The number of nitrogens with zero attached hydrogens (tertiary/aromatic N) is 2. The molecular weight excluding hydrogens is 245 g/mol. The topological polar surface area (TPSA) is 51.0 Å². The third-order valence-electron chi connectivity index (χ3n) is 3.00. The third kappa shape index (κ3) is 2.98. The number of aryl methyl sites for hydroxylation is 1. The van der Waals surface area contributed by atoms with E-state index in [2.05, 4.69) is 22.4 Å². The van der Waals surface area contributed by atoms with E-state index in [0.29, 0.717) is 17.3 Å². The van der Waals surface area contributed by atoms with Gasteiger partial charge in [-0.25, -0.2) is 4.39 Å². The second-order valence-electron chi connectivity index (χ2n) is 4.43. The molecule has 1 N–H and O–H groups in total. The molecule has 102 valence electrons. The Morgan fingerprint density at radius 2 is 2.11 bits per heavy atom. The molecule has 1 heterocycles. The second kappa shape index (κ2) is 5.93. The van der Waals surface area contributed by atoms with E-state index in [1.807, 2.05) is 6.92 Å². The van der Waals surface area contributed by atoms with Crippen molar-refractivity contribution in [3.63, 3.8) is 0 Å². The average Bonchev–Trinajstić information content (AvgIpc) is 2.88. The van der Waals surface area contributed by atoms with Crippen molar-refractivity contribution >= 4 is 0 Å². The molecule has 0 saturated heterocycles. The molecule has 0 aliphatic rings. The van der Waals surface area contributed by atoms with Gasteiger partial charge in [0.25, 0.3) is 0 Å². The first kappa shape index (κ1) is 13.7. The van der Waals surface area contributed by atoms with Gasteiger partial charge < -0.3 is 9.73 Å². The highest BCUT2D eigenvalue weighted by molar-refractivity contribution is 5.53. The van der Waals surface area contributed by atoms with E-state index in [4.69, 9.17) is 4.42 Å². The molecule has 0 saturated carbocycles. The molecule has 0 radical (unpaired) electrons. The number of hydrogen-bond acceptors (Lipinski definition) is 4. The van der Waals surface area contributed by atoms with Crippen molar-refractivity contribution < 1.29 is 8.81 Å². The molecule has 2 rings (SSSR count). The standard InChI is InChI=1S/C14H18FN3O/c1-4-12(16-5-2)14-18-17-13(19-14)10-6-7-11(15)9(3)8-10/h6-8,12,16H,4-5H2,1-3H3. The van der Waals surface area contributed by atoms with E-state index in [1.165, 1.54) is 6.07 Å². The highest BCUT2D eigenvalue weighted by Crippen LogP contribution is 2.23. The Kier molecular flexibility index (Phi) is 4.27. The predicted molar refractivity (Wildman–Crippen MR) is 71.1 cm³/mol. The number of halogens is 1. The quantitative estimate of drug-likeness (QED) is 0.899. The van der Waals surface area contributed by atoms with Crippen LogP contribution in [0.5, 0.6) is 0 Å². The number of benzene rings is 1. The third-order valence-corrected chi connectivity index (χ3v) is 3.00. The fourth-order valence-electron chi connectivity index (χ4n) is 1.92. The van der Waals surface area contributed by atoms with Gasteiger partial charge in [-0.1, -0.05) is 13.8 Å². The fourth-order valence-corrected chi connectivity index (χ4v) is 1.92. The van der Waals surface area contributed by atoms with Crippen LogP contribution in [0.4, 0.5) is 4.39 Å². The molecule has 0 fully saturated rings. The predicted octanol–water partition coefficient (Wildman–Crippen LogP) is 3.24. The minimum Gasteiger partial charge on any atom is -0.419 e. The lowest BCUT2D eigenvalue weighted by molar-refractivity contribution is 0.402. The summed E-state index contributed by atoms with van der Waals surface area (Å²) in [4.78, 5) is 0. The van der Waals surface area contributed by atoms with Gasteiger partial charge >= 0.3 is 0 Å². The molecule has 0 aliphatic heterocycles. The Bertz CT molecular complexity index is 553. The lowest BCUT2D eigenvalue weighted by Gasteiger charge is -2.10. The van der Waals surface area contributed by atoms with Crippen molar-refractivity contribution in [3.8, 4) is 11.5 Å². The first-order valence-electron chi connectivity index (χ1n) is 6.49. The molecule has 0 amide bonds. The van der Waals surface area contributed by atoms with Gasteiger partial charge in [0.05, 0.1) is 6.04 Å². The second-order valence-corrected chi connectivity index (χ2v) is 4.43. The Hall–Kier alpha value is -1.75. The van der Waals surface area contributed by atoms with Crippen LogP contribution in [0.15, 0.2) is 22.6 Å². The van der Waals surface area contributed by atoms with Crippen LogP contribution < -0.4 is 5.32 Å². The Morgan fingerprint density at radius 3 is 2.74 bits per heavy atom. The van der Waals surface area contributed by atoms with Crippen LogP contribution in [-0.4, -0.2) is 16.7 Å². The summed E-state index contributed by atoms with van der Waals surface area (Å²) in [7, 11) is 0. The summed E-state index contributed by atoms with van der Waals surface area (Å²) in [6, 6.07) is 4.83. The maximum atomic E-state index is 13.2. The summed E-state index contributed by atoms with van der Waals surface area (Å²) in [5.74, 6) is 0.762. The lowest BCUT2D eigenvalue weighted by atomic mass is 10.1. The molecule has 1 aromatic heterocycles. The zero-order chi connectivity index (χ0) is 13.8. The maximum absolute atomic E-state index is 13.2. The van der Waals surface area contributed by atoms with Gasteiger partial charge in [-0.2, -0.15) is 0 Å². The van der Waals surface area contributed by atoms with Gasteiger partial charge in [-0.3, -0.25) is 0 Å². The lowest BCUT2D eigenvalue weighted by Crippen LogP contribution is -2.20. The first-order valence-corrected chi connectivity index (χ1v) is 6.49. The largest absolute Gasteiger partial charge is 0.419 e. The Balaban J connectivity index is 2.27. The fraction of sp³-hybridized carbons (Fsp3) is 0.429. The van der Waals surface area contributed by atoms with Crippen LogP contribution in [0.2, 0.25) is 0 Å². The maximum Gasteiger partial charge on any atom is 0.247 e. The zero-order valence-electron chi connectivity index (χ0n) is 11.4. The van der Waals surface area contributed by atoms with Crippen LogP contribution in [-0.2, 0) is 0 Å². The van der Waals surface area contributed by atoms with Crippen LogP contribution in [0.25, 0.3) is 11.5 Å². The minimum absolute atomic E-state index is 0.0628. The van der Waals surface area contributed by atoms with Crippen LogP contribution in [0.1, 0.15) is 37.8 Å². The van der Waals surface area contributed by atoms with Crippen molar-refractivity contribution in [2.24, 2.45) is 0 Å². The van der Waals surface area contributed by atoms with E-state index in [1.54, 1.807) is 19.1 Å². The highest BCUT2D eigenvalue weighted by Gasteiger charge is 2.16. The van der Waals surface area contributed by atoms with Crippen molar-refractivity contribution in [2.45, 2.75) is 33.2 Å². The van der Waals surface area contributed by atoms with Crippen molar-refractivity contribution in [2.75, 3.05) is 6.54 Å². The Morgan fingerprint density at radius 1 is 1.32 bits per heavy atom. The summed E-state index contributed by atoms with van der Waals surface area (Å²) in [6.07, 6.45) is 0.873. The summed E-state index contributed by atoms with van der Waals surface area (Å²) >= 11 is 0. The highest BCUT2D eigenvalue weighted by atomic mass is 19.1. The Labute approximate surface area is 112 Å². The van der Waals surface area contributed by atoms with Gasteiger partial charge in [-0.05, 0) is 43.7 Å². The van der Waals surface area contributed by atoms with Crippen LogP contribution in [0, 0.1) is 12.7 Å². The first-order chi connectivity index (χ1) is 9.15. The van der Waals surface area contributed by atoms with Crippen molar-refractivity contribution in [1.29, 1.82) is 0 Å². The number of nitrogens with one attached hydrogen (secondary N) is 1. The normalized spacial score (nSPS) is 12.6. The summed E-state index contributed by atoms with van der Waals surface area (Å²) < 4.78 is 18.9. The SMILES string of the molecule is CCNC(CC)c1nnc(-c2ccc(F)c(C)c2)o1. The molecule has 4 nitrogen and oxygen atoms in total. The average molecular weight is 263 g/mol. The van der Waals surface area contributed by atoms with E-state index in [0.717, 1.165) is 18.5 Å². The van der Waals surface area contributed by atoms with E-state index in [-0.39, 0.29) is 11.9 Å². The number of aromatic nitrogens is 2. The summed E-state index contributed by atoms with van der Waals surface area (Å²) in [5, 5.41) is 11.4. The number of rotatable bonds is 5. The van der Waals surface area contributed by atoms with Crippen molar-refractivity contribution in [3.05, 3.63) is 35.5 Å². The molecule has 5 heteroatoms. The molecule has 19 heavy (non-hydrogen) atoms. The van der Waals surface area contributed by atoms with E-state index < -0.39 is 0 Å². The molecule has 0 spiro atoms. The van der Waals surface area contributed by atoms with Gasteiger partial charge in [0.1, 0.15) is 5.82 Å².